The molecule has 3 heterocycles. The first-order valence-electron chi connectivity index (χ1n) is 9.49. The molecule has 1 aromatic heterocycles. The van der Waals surface area contributed by atoms with Crippen molar-refractivity contribution in [2.45, 2.75) is 13.0 Å². The molecule has 0 bridgehead atoms. The van der Waals surface area contributed by atoms with Gasteiger partial charge in [-0.2, -0.15) is 0 Å². The number of thiophene rings is 1. The van der Waals surface area contributed by atoms with Crippen LogP contribution in [0.25, 0.3) is 0 Å². The molecule has 0 saturated carbocycles. The standard InChI is InChI=1S/C20H21ClN4O3S/c21-16-5-4-15(29-16)19(27)23-14-3-1-2-13-12-25(20(28)18(13)14)9-6-17(26)24-10-7-22-8-11-24/h1-5,22H,6-12H2,(H,23,27). The van der Waals surface area contributed by atoms with Gasteiger partial charge in [-0.15, -0.1) is 11.3 Å². The average molecular weight is 433 g/mol. The maximum Gasteiger partial charge on any atom is 0.265 e. The Kier molecular flexibility index (Phi) is 5.84. The Hall–Kier alpha value is -2.42. The molecule has 0 aliphatic carbocycles. The number of hydrogen-bond acceptors (Lipinski definition) is 5. The largest absolute Gasteiger partial charge is 0.340 e. The van der Waals surface area contributed by atoms with Crippen molar-refractivity contribution >= 4 is 46.3 Å². The third kappa shape index (κ3) is 4.29. The summed E-state index contributed by atoms with van der Waals surface area (Å²) in [7, 11) is 0. The van der Waals surface area contributed by atoms with Crippen LogP contribution in [0.5, 0.6) is 0 Å². The van der Waals surface area contributed by atoms with E-state index in [9.17, 15) is 14.4 Å². The zero-order valence-electron chi connectivity index (χ0n) is 15.7. The first-order chi connectivity index (χ1) is 14.0. The summed E-state index contributed by atoms with van der Waals surface area (Å²) < 4.78 is 0.532. The fourth-order valence-corrected chi connectivity index (χ4v) is 4.57. The summed E-state index contributed by atoms with van der Waals surface area (Å²) in [5.41, 5.74) is 1.84. The minimum Gasteiger partial charge on any atom is -0.340 e. The Balaban J connectivity index is 1.42. The van der Waals surface area contributed by atoms with Gasteiger partial charge in [0.2, 0.25) is 5.91 Å². The summed E-state index contributed by atoms with van der Waals surface area (Å²) in [5.74, 6) is -0.387. The van der Waals surface area contributed by atoms with E-state index >= 15 is 0 Å². The van der Waals surface area contributed by atoms with E-state index in [1.54, 1.807) is 23.1 Å². The molecule has 2 aromatic rings. The number of fused-ring (bicyclic) bond motifs is 1. The molecule has 1 aromatic carbocycles. The molecule has 2 aliphatic rings. The van der Waals surface area contributed by atoms with Crippen molar-refractivity contribution < 1.29 is 14.4 Å². The highest BCUT2D eigenvalue weighted by Gasteiger charge is 2.31. The van der Waals surface area contributed by atoms with Crippen molar-refractivity contribution in [3.05, 3.63) is 50.7 Å². The van der Waals surface area contributed by atoms with Crippen molar-refractivity contribution in [3.63, 3.8) is 0 Å². The number of nitrogens with zero attached hydrogens (tertiary/aromatic N) is 2. The minimum atomic E-state index is -0.296. The topological polar surface area (TPSA) is 81.8 Å². The van der Waals surface area contributed by atoms with Crippen molar-refractivity contribution in [2.75, 3.05) is 38.0 Å². The molecule has 29 heavy (non-hydrogen) atoms. The van der Waals surface area contributed by atoms with Crippen LogP contribution in [-0.2, 0) is 11.3 Å². The van der Waals surface area contributed by atoms with Crippen LogP contribution in [0.15, 0.2) is 30.3 Å². The Bertz CT molecular complexity index is 955. The van der Waals surface area contributed by atoms with Gasteiger partial charge in [-0.25, -0.2) is 0 Å². The summed E-state index contributed by atoms with van der Waals surface area (Å²) in [6, 6.07) is 8.74. The van der Waals surface area contributed by atoms with Crippen LogP contribution >= 0.6 is 22.9 Å². The number of carbonyl (C=O) groups excluding carboxylic acids is 3. The monoisotopic (exact) mass is 432 g/mol. The van der Waals surface area contributed by atoms with E-state index in [0.29, 0.717) is 53.1 Å². The normalized spacial score (nSPS) is 16.1. The fourth-order valence-electron chi connectivity index (χ4n) is 3.63. The molecule has 7 nitrogen and oxygen atoms in total. The third-order valence-electron chi connectivity index (χ3n) is 5.12. The Morgan fingerprint density at radius 2 is 1.97 bits per heavy atom. The van der Waals surface area contributed by atoms with Gasteiger partial charge in [0.05, 0.1) is 20.5 Å². The summed E-state index contributed by atoms with van der Waals surface area (Å²) in [6.07, 6.45) is 0.301. The van der Waals surface area contributed by atoms with Gasteiger partial charge in [0.15, 0.2) is 0 Å². The first-order valence-corrected chi connectivity index (χ1v) is 10.7. The highest BCUT2D eigenvalue weighted by Crippen LogP contribution is 2.30. The van der Waals surface area contributed by atoms with Gasteiger partial charge in [-0.05, 0) is 23.8 Å². The number of anilines is 1. The lowest BCUT2D eigenvalue weighted by Gasteiger charge is -2.28. The SMILES string of the molecule is O=C(Nc1cccc2c1C(=O)N(CCC(=O)N1CCNCC1)C2)c1ccc(Cl)s1. The van der Waals surface area contributed by atoms with Crippen molar-refractivity contribution in [3.8, 4) is 0 Å². The Morgan fingerprint density at radius 1 is 1.17 bits per heavy atom. The summed E-state index contributed by atoms with van der Waals surface area (Å²) in [4.78, 5) is 41.8. The first kappa shape index (κ1) is 19.9. The van der Waals surface area contributed by atoms with E-state index in [4.69, 9.17) is 11.6 Å². The highest BCUT2D eigenvalue weighted by atomic mass is 35.5. The average Bonchev–Trinajstić information content (AvgIpc) is 3.31. The number of benzene rings is 1. The van der Waals surface area contributed by atoms with E-state index in [2.05, 4.69) is 10.6 Å². The molecule has 2 N–H and O–H groups in total. The quantitative estimate of drug-likeness (QED) is 0.760. The molecular formula is C20H21ClN4O3S. The number of carbonyl (C=O) groups is 3. The van der Waals surface area contributed by atoms with E-state index in [1.165, 1.54) is 11.3 Å². The van der Waals surface area contributed by atoms with Crippen molar-refractivity contribution in [1.29, 1.82) is 0 Å². The zero-order chi connectivity index (χ0) is 20.4. The zero-order valence-corrected chi connectivity index (χ0v) is 17.3. The van der Waals surface area contributed by atoms with Gasteiger partial charge in [0.25, 0.3) is 11.8 Å². The van der Waals surface area contributed by atoms with Crippen LogP contribution in [0, 0.1) is 0 Å². The lowest BCUT2D eigenvalue weighted by Crippen LogP contribution is -2.47. The van der Waals surface area contributed by atoms with E-state index in [0.717, 1.165) is 18.7 Å². The van der Waals surface area contributed by atoms with Gasteiger partial charge < -0.3 is 20.4 Å². The number of halogens is 1. The van der Waals surface area contributed by atoms with Crippen LogP contribution in [0.3, 0.4) is 0 Å². The molecule has 1 saturated heterocycles. The number of piperazine rings is 1. The summed E-state index contributed by atoms with van der Waals surface area (Å²) in [6.45, 7) is 3.82. The third-order valence-corrected chi connectivity index (χ3v) is 6.35. The second kappa shape index (κ2) is 8.52. The molecule has 0 radical (unpaired) electrons. The van der Waals surface area contributed by atoms with Crippen LogP contribution in [0.4, 0.5) is 5.69 Å². The number of rotatable bonds is 5. The van der Waals surface area contributed by atoms with Gasteiger partial charge >= 0.3 is 0 Å². The molecule has 2 aliphatic heterocycles. The second-order valence-electron chi connectivity index (χ2n) is 7.01. The van der Waals surface area contributed by atoms with Crippen molar-refractivity contribution in [1.82, 2.24) is 15.1 Å². The maximum atomic E-state index is 12.9. The van der Waals surface area contributed by atoms with Gasteiger partial charge in [0, 0.05) is 45.7 Å². The maximum absolute atomic E-state index is 12.9. The summed E-state index contributed by atoms with van der Waals surface area (Å²) >= 11 is 7.09. The molecule has 152 valence electrons. The molecule has 4 rings (SSSR count). The predicted octanol–water partition coefficient (Wildman–Crippen LogP) is 2.43. The highest BCUT2D eigenvalue weighted by molar-refractivity contribution is 7.18. The number of nitrogens with one attached hydrogen (secondary N) is 2. The van der Waals surface area contributed by atoms with Gasteiger partial charge in [0.1, 0.15) is 0 Å². The summed E-state index contributed by atoms with van der Waals surface area (Å²) in [5, 5.41) is 6.04. The predicted molar refractivity (Wildman–Crippen MR) is 113 cm³/mol. The Labute approximate surface area is 177 Å². The number of amides is 3. The van der Waals surface area contributed by atoms with Crippen LogP contribution in [-0.4, -0.2) is 60.2 Å². The van der Waals surface area contributed by atoms with Crippen LogP contribution < -0.4 is 10.6 Å². The molecule has 9 heteroatoms. The smallest absolute Gasteiger partial charge is 0.265 e. The molecule has 3 amide bonds. The van der Waals surface area contributed by atoms with Crippen LogP contribution in [0.2, 0.25) is 4.34 Å². The molecule has 1 fully saturated rings. The van der Waals surface area contributed by atoms with E-state index < -0.39 is 0 Å². The molecule has 0 atom stereocenters. The fraction of sp³-hybridized carbons (Fsp3) is 0.350. The van der Waals surface area contributed by atoms with Gasteiger partial charge in [-0.1, -0.05) is 23.7 Å². The second-order valence-corrected chi connectivity index (χ2v) is 8.72. The van der Waals surface area contributed by atoms with Crippen molar-refractivity contribution in [2.24, 2.45) is 0 Å². The molecule has 0 spiro atoms. The molecular weight excluding hydrogens is 412 g/mol. The molecule has 0 unspecified atom stereocenters. The van der Waals surface area contributed by atoms with Gasteiger partial charge in [-0.3, -0.25) is 14.4 Å². The van der Waals surface area contributed by atoms with E-state index in [1.807, 2.05) is 17.0 Å². The van der Waals surface area contributed by atoms with E-state index in [-0.39, 0.29) is 17.7 Å². The minimum absolute atomic E-state index is 0.0679. The van der Waals surface area contributed by atoms with Crippen LogP contribution in [0.1, 0.15) is 32.0 Å². The Morgan fingerprint density at radius 3 is 2.69 bits per heavy atom. The lowest BCUT2D eigenvalue weighted by molar-refractivity contribution is -0.131. The lowest BCUT2D eigenvalue weighted by atomic mass is 10.1. The number of hydrogen-bond donors (Lipinski definition) is 2.